The van der Waals surface area contributed by atoms with Gasteiger partial charge in [-0.1, -0.05) is 23.7 Å². The fourth-order valence-corrected chi connectivity index (χ4v) is 4.09. The van der Waals surface area contributed by atoms with Crippen molar-refractivity contribution < 1.29 is 17.6 Å². The van der Waals surface area contributed by atoms with Crippen LogP contribution in [0.1, 0.15) is 16.1 Å². The molecule has 9 heteroatoms. The highest BCUT2D eigenvalue weighted by Gasteiger charge is 2.21. The molecule has 28 heavy (non-hydrogen) atoms. The van der Waals surface area contributed by atoms with Crippen molar-refractivity contribution in [2.24, 2.45) is 0 Å². The van der Waals surface area contributed by atoms with Crippen LogP contribution in [0.2, 0.25) is 5.02 Å². The average Bonchev–Trinajstić information content (AvgIpc) is 2.64. The molecule has 3 aromatic rings. The van der Waals surface area contributed by atoms with Gasteiger partial charge in [0.15, 0.2) is 0 Å². The van der Waals surface area contributed by atoms with Gasteiger partial charge >= 0.3 is 0 Å². The summed E-state index contributed by atoms with van der Waals surface area (Å²) < 4.78 is 41.4. The molecule has 2 N–H and O–H groups in total. The normalized spacial score (nSPS) is 11.1. The topological polar surface area (TPSA) is 88.2 Å². The summed E-state index contributed by atoms with van der Waals surface area (Å²) in [6.45, 7) is 1.77. The van der Waals surface area contributed by atoms with E-state index in [0.717, 1.165) is 17.7 Å². The summed E-state index contributed by atoms with van der Waals surface area (Å²) in [6.07, 6.45) is 1.45. The molecule has 0 aliphatic heterocycles. The van der Waals surface area contributed by atoms with Crippen molar-refractivity contribution in [1.82, 2.24) is 4.98 Å². The summed E-state index contributed by atoms with van der Waals surface area (Å²) in [5, 5.41) is 2.55. The van der Waals surface area contributed by atoms with Gasteiger partial charge in [-0.2, -0.15) is 0 Å². The summed E-state index contributed by atoms with van der Waals surface area (Å²) in [4.78, 5) is 16.1. The van der Waals surface area contributed by atoms with Crippen LogP contribution < -0.4 is 10.0 Å². The van der Waals surface area contributed by atoms with E-state index in [1.807, 2.05) is 0 Å². The lowest BCUT2D eigenvalue weighted by molar-refractivity contribution is 0.102. The number of halogens is 2. The molecule has 144 valence electrons. The first-order chi connectivity index (χ1) is 13.3. The maximum absolute atomic E-state index is 13.7. The Morgan fingerprint density at radius 3 is 2.54 bits per heavy atom. The summed E-state index contributed by atoms with van der Waals surface area (Å²) >= 11 is 6.04. The first-order valence-corrected chi connectivity index (χ1v) is 9.93. The molecule has 0 saturated carbocycles. The minimum absolute atomic E-state index is 0.0305. The molecule has 0 atom stereocenters. The van der Waals surface area contributed by atoms with Crippen molar-refractivity contribution in [2.45, 2.75) is 11.8 Å². The minimum Gasteiger partial charge on any atom is -0.319 e. The van der Waals surface area contributed by atoms with Crippen molar-refractivity contribution in [3.63, 3.8) is 0 Å². The van der Waals surface area contributed by atoms with Gasteiger partial charge in [-0.25, -0.2) is 12.8 Å². The zero-order valence-electron chi connectivity index (χ0n) is 14.6. The maximum Gasteiger partial charge on any atom is 0.274 e. The number of rotatable bonds is 5. The van der Waals surface area contributed by atoms with E-state index in [4.69, 9.17) is 11.6 Å². The molecule has 3 rings (SSSR count). The maximum atomic E-state index is 13.7. The monoisotopic (exact) mass is 419 g/mol. The molecule has 0 aliphatic rings. The standard InChI is InChI=1S/C19H15ClFN3O3S/c1-12-5-8-18(14(20)10-12)28(26,27)24-17-11-13(21)6-7-15(17)23-19(25)16-4-2-3-9-22-16/h2-11,24H,1H3,(H,23,25). The van der Waals surface area contributed by atoms with E-state index in [1.54, 1.807) is 25.1 Å². The third-order valence-corrected chi connectivity index (χ3v) is 5.60. The average molecular weight is 420 g/mol. The summed E-state index contributed by atoms with van der Waals surface area (Å²) in [6, 6.07) is 12.6. The van der Waals surface area contributed by atoms with Crippen LogP contribution in [0, 0.1) is 12.7 Å². The Kier molecular flexibility index (Phi) is 5.62. The second-order valence-corrected chi connectivity index (χ2v) is 7.96. The van der Waals surface area contributed by atoms with Crippen LogP contribution in [0.15, 0.2) is 65.7 Å². The van der Waals surface area contributed by atoms with Gasteiger partial charge in [0.2, 0.25) is 0 Å². The smallest absolute Gasteiger partial charge is 0.274 e. The highest BCUT2D eigenvalue weighted by Crippen LogP contribution is 2.29. The van der Waals surface area contributed by atoms with E-state index < -0.39 is 21.7 Å². The Balaban J connectivity index is 1.93. The van der Waals surface area contributed by atoms with Crippen molar-refractivity contribution >= 4 is 38.9 Å². The van der Waals surface area contributed by atoms with Gasteiger partial charge in [0, 0.05) is 12.3 Å². The molecule has 0 spiro atoms. The third kappa shape index (κ3) is 4.47. The molecule has 6 nitrogen and oxygen atoms in total. The van der Waals surface area contributed by atoms with Gasteiger partial charge in [-0.05, 0) is 48.9 Å². The van der Waals surface area contributed by atoms with Gasteiger partial charge in [0.25, 0.3) is 15.9 Å². The molecule has 1 heterocycles. The Morgan fingerprint density at radius 2 is 1.86 bits per heavy atom. The van der Waals surface area contributed by atoms with Gasteiger partial charge in [0.05, 0.1) is 16.4 Å². The zero-order chi connectivity index (χ0) is 20.3. The second kappa shape index (κ2) is 7.95. The van der Waals surface area contributed by atoms with E-state index in [0.29, 0.717) is 0 Å². The Morgan fingerprint density at radius 1 is 1.07 bits per heavy atom. The van der Waals surface area contributed by atoms with Gasteiger partial charge in [0.1, 0.15) is 16.4 Å². The van der Waals surface area contributed by atoms with Crippen LogP contribution in [0.3, 0.4) is 0 Å². The van der Waals surface area contributed by atoms with Crippen LogP contribution in [-0.2, 0) is 10.0 Å². The van der Waals surface area contributed by atoms with E-state index in [2.05, 4.69) is 15.0 Å². The number of amides is 1. The summed E-state index contributed by atoms with van der Waals surface area (Å²) in [7, 11) is -4.12. The van der Waals surface area contributed by atoms with Crippen molar-refractivity contribution in [3.05, 3.63) is 82.9 Å². The Labute approximate surface area is 166 Å². The second-order valence-electron chi connectivity index (χ2n) is 5.90. The largest absolute Gasteiger partial charge is 0.319 e. The van der Waals surface area contributed by atoms with Crippen molar-refractivity contribution in [3.8, 4) is 0 Å². The number of carbonyl (C=O) groups is 1. The van der Waals surface area contributed by atoms with Crippen LogP contribution in [0.5, 0.6) is 0 Å². The van der Waals surface area contributed by atoms with E-state index in [1.165, 1.54) is 30.5 Å². The minimum atomic E-state index is -4.12. The van der Waals surface area contributed by atoms with E-state index >= 15 is 0 Å². The fraction of sp³-hybridized carbons (Fsp3) is 0.0526. The molecule has 0 bridgehead atoms. The molecular formula is C19H15ClFN3O3S. The predicted molar refractivity (Wildman–Crippen MR) is 106 cm³/mol. The molecular weight excluding hydrogens is 405 g/mol. The number of benzene rings is 2. The van der Waals surface area contributed by atoms with Crippen LogP contribution >= 0.6 is 11.6 Å². The molecule has 2 aromatic carbocycles. The number of aryl methyl sites for hydroxylation is 1. The van der Waals surface area contributed by atoms with Gasteiger partial charge in [-0.15, -0.1) is 0 Å². The highest BCUT2D eigenvalue weighted by atomic mass is 35.5. The van der Waals surface area contributed by atoms with Crippen LogP contribution in [-0.4, -0.2) is 19.3 Å². The number of hydrogen-bond acceptors (Lipinski definition) is 4. The summed E-state index contributed by atoms with van der Waals surface area (Å²) in [5.74, 6) is -1.25. The number of aromatic nitrogens is 1. The lowest BCUT2D eigenvalue weighted by atomic mass is 10.2. The quantitative estimate of drug-likeness (QED) is 0.647. The van der Waals surface area contributed by atoms with Crippen LogP contribution in [0.25, 0.3) is 0 Å². The molecule has 1 amide bonds. The van der Waals surface area contributed by atoms with Crippen molar-refractivity contribution in [1.29, 1.82) is 0 Å². The highest BCUT2D eigenvalue weighted by molar-refractivity contribution is 7.92. The van der Waals surface area contributed by atoms with Crippen LogP contribution in [0.4, 0.5) is 15.8 Å². The van der Waals surface area contributed by atoms with Gasteiger partial charge < -0.3 is 5.32 Å². The Bertz CT molecular complexity index is 1140. The molecule has 0 unspecified atom stereocenters. The van der Waals surface area contributed by atoms with Crippen molar-refractivity contribution in [2.75, 3.05) is 10.0 Å². The fourth-order valence-electron chi connectivity index (χ4n) is 2.42. The predicted octanol–water partition coefficient (Wildman–Crippen LogP) is 4.24. The summed E-state index contributed by atoms with van der Waals surface area (Å²) in [5.41, 5.74) is 0.852. The number of pyridine rings is 1. The number of carbonyl (C=O) groups excluding carboxylic acids is 1. The first kappa shape index (κ1) is 19.8. The van der Waals surface area contributed by atoms with E-state index in [9.17, 15) is 17.6 Å². The molecule has 0 saturated heterocycles. The number of anilines is 2. The van der Waals surface area contributed by atoms with Gasteiger partial charge in [-0.3, -0.25) is 14.5 Å². The molecule has 0 aliphatic carbocycles. The Hall–Kier alpha value is -2.97. The molecule has 0 radical (unpaired) electrons. The lowest BCUT2D eigenvalue weighted by Gasteiger charge is -2.14. The number of nitrogens with one attached hydrogen (secondary N) is 2. The third-order valence-electron chi connectivity index (χ3n) is 3.75. The molecule has 1 aromatic heterocycles. The zero-order valence-corrected chi connectivity index (χ0v) is 16.2. The lowest BCUT2D eigenvalue weighted by Crippen LogP contribution is -2.18. The van der Waals surface area contributed by atoms with E-state index in [-0.39, 0.29) is 27.0 Å². The first-order valence-electron chi connectivity index (χ1n) is 8.07. The number of hydrogen-bond donors (Lipinski definition) is 2. The SMILES string of the molecule is Cc1ccc(S(=O)(=O)Nc2cc(F)ccc2NC(=O)c2ccccn2)c(Cl)c1. The number of sulfonamides is 1. The number of nitrogens with zero attached hydrogens (tertiary/aromatic N) is 1. The molecule has 0 fully saturated rings.